The highest BCUT2D eigenvalue weighted by Gasteiger charge is 2.31. The van der Waals surface area contributed by atoms with Crippen molar-refractivity contribution in [3.8, 4) is 0 Å². The van der Waals surface area contributed by atoms with Crippen molar-refractivity contribution in [1.82, 2.24) is 20.0 Å². The molecule has 1 aliphatic rings. The van der Waals surface area contributed by atoms with Crippen LogP contribution >= 0.6 is 22.6 Å². The number of halogens is 1. The Bertz CT molecular complexity index is 588. The SMILES string of the molecule is CC(C)(c1nnc(N2CCOCC2)o1)n1cc(I)cn1. The van der Waals surface area contributed by atoms with E-state index < -0.39 is 5.54 Å². The lowest BCUT2D eigenvalue weighted by Crippen LogP contribution is -2.36. The number of rotatable bonds is 3. The fraction of sp³-hybridized carbons (Fsp3) is 0.583. The first-order valence-corrected chi connectivity index (χ1v) is 7.52. The molecule has 1 saturated heterocycles. The summed E-state index contributed by atoms with van der Waals surface area (Å²) in [5.41, 5.74) is -0.471. The summed E-state index contributed by atoms with van der Waals surface area (Å²) in [5, 5.41) is 12.7. The molecule has 2 aromatic rings. The lowest BCUT2D eigenvalue weighted by Gasteiger charge is -2.25. The van der Waals surface area contributed by atoms with E-state index in [0.29, 0.717) is 25.1 Å². The molecule has 0 unspecified atom stereocenters. The van der Waals surface area contributed by atoms with E-state index in [2.05, 4.69) is 37.9 Å². The number of hydrogen-bond donors (Lipinski definition) is 0. The first kappa shape index (κ1) is 13.8. The topological polar surface area (TPSA) is 69.2 Å². The minimum atomic E-state index is -0.471. The molecule has 1 aliphatic heterocycles. The molecular weight excluding hydrogens is 373 g/mol. The fourth-order valence-corrected chi connectivity index (χ4v) is 2.44. The average Bonchev–Trinajstić information content (AvgIpc) is 3.09. The maximum atomic E-state index is 5.84. The summed E-state index contributed by atoms with van der Waals surface area (Å²) in [7, 11) is 0. The predicted molar refractivity (Wildman–Crippen MR) is 80.7 cm³/mol. The quantitative estimate of drug-likeness (QED) is 0.742. The van der Waals surface area contributed by atoms with Crippen molar-refractivity contribution in [2.45, 2.75) is 19.4 Å². The van der Waals surface area contributed by atoms with Crippen LogP contribution in [-0.4, -0.2) is 46.3 Å². The molecule has 0 aromatic carbocycles. The first-order valence-electron chi connectivity index (χ1n) is 6.45. The Balaban J connectivity index is 1.85. The summed E-state index contributed by atoms with van der Waals surface area (Å²) in [6.45, 7) is 6.96. The van der Waals surface area contributed by atoms with Crippen LogP contribution in [0.15, 0.2) is 16.8 Å². The van der Waals surface area contributed by atoms with Gasteiger partial charge in [-0.1, -0.05) is 5.10 Å². The number of ether oxygens (including phenoxy) is 1. The Kier molecular flexibility index (Phi) is 3.67. The van der Waals surface area contributed by atoms with Crippen molar-refractivity contribution in [3.05, 3.63) is 21.9 Å². The minimum absolute atomic E-state index is 0.471. The summed E-state index contributed by atoms with van der Waals surface area (Å²) in [6.07, 6.45) is 3.76. The van der Waals surface area contributed by atoms with Crippen LogP contribution in [0.5, 0.6) is 0 Å². The van der Waals surface area contributed by atoms with Gasteiger partial charge in [-0.3, -0.25) is 4.68 Å². The van der Waals surface area contributed by atoms with Gasteiger partial charge in [-0.05, 0) is 36.4 Å². The van der Waals surface area contributed by atoms with Crippen LogP contribution < -0.4 is 4.90 Å². The van der Waals surface area contributed by atoms with Gasteiger partial charge in [0.1, 0.15) is 5.54 Å². The maximum Gasteiger partial charge on any atom is 0.318 e. The van der Waals surface area contributed by atoms with Crippen molar-refractivity contribution in [3.63, 3.8) is 0 Å². The molecule has 0 amide bonds. The van der Waals surface area contributed by atoms with Gasteiger partial charge >= 0.3 is 6.01 Å². The molecule has 1 fully saturated rings. The molecule has 2 aromatic heterocycles. The Morgan fingerprint density at radius 1 is 1.25 bits per heavy atom. The van der Waals surface area contributed by atoms with Gasteiger partial charge in [0.15, 0.2) is 0 Å². The van der Waals surface area contributed by atoms with Gasteiger partial charge in [0, 0.05) is 19.3 Å². The highest BCUT2D eigenvalue weighted by atomic mass is 127. The number of morpholine rings is 1. The zero-order valence-electron chi connectivity index (χ0n) is 11.4. The predicted octanol–water partition coefficient (Wildman–Crippen LogP) is 1.49. The zero-order chi connectivity index (χ0) is 14.2. The van der Waals surface area contributed by atoms with Crippen molar-refractivity contribution in [2.75, 3.05) is 31.2 Å². The molecule has 0 N–H and O–H groups in total. The van der Waals surface area contributed by atoms with Crippen LogP contribution in [-0.2, 0) is 10.3 Å². The Morgan fingerprint density at radius 2 is 2.00 bits per heavy atom. The third kappa shape index (κ3) is 2.53. The third-order valence-corrected chi connectivity index (χ3v) is 3.90. The Labute approximate surface area is 130 Å². The van der Waals surface area contributed by atoms with Gasteiger partial charge < -0.3 is 14.1 Å². The zero-order valence-corrected chi connectivity index (χ0v) is 13.6. The summed E-state index contributed by atoms with van der Waals surface area (Å²) >= 11 is 2.23. The van der Waals surface area contributed by atoms with Crippen LogP contribution in [0.1, 0.15) is 19.7 Å². The van der Waals surface area contributed by atoms with Gasteiger partial charge in [-0.2, -0.15) is 5.10 Å². The largest absolute Gasteiger partial charge is 0.405 e. The molecule has 20 heavy (non-hydrogen) atoms. The molecule has 8 heteroatoms. The van der Waals surface area contributed by atoms with Gasteiger partial charge in [0.25, 0.3) is 0 Å². The van der Waals surface area contributed by atoms with Crippen molar-refractivity contribution < 1.29 is 9.15 Å². The van der Waals surface area contributed by atoms with Crippen molar-refractivity contribution in [1.29, 1.82) is 0 Å². The summed E-state index contributed by atoms with van der Waals surface area (Å²) in [4.78, 5) is 2.04. The second kappa shape index (κ2) is 5.32. The van der Waals surface area contributed by atoms with Gasteiger partial charge in [0.2, 0.25) is 5.89 Å². The molecule has 108 valence electrons. The van der Waals surface area contributed by atoms with E-state index in [-0.39, 0.29) is 0 Å². The first-order chi connectivity index (χ1) is 9.57. The fourth-order valence-electron chi connectivity index (χ4n) is 2.05. The molecule has 0 atom stereocenters. The molecular formula is C12H16IN5O2. The number of hydrogen-bond acceptors (Lipinski definition) is 6. The monoisotopic (exact) mass is 389 g/mol. The second-order valence-electron chi connectivity index (χ2n) is 5.15. The van der Waals surface area contributed by atoms with Crippen LogP contribution in [0.2, 0.25) is 0 Å². The standard InChI is InChI=1S/C12H16IN5O2/c1-12(2,18-8-9(13)7-14-18)10-15-16-11(20-10)17-3-5-19-6-4-17/h7-8H,3-6H2,1-2H3. The van der Waals surface area contributed by atoms with Crippen LogP contribution in [0.4, 0.5) is 6.01 Å². The summed E-state index contributed by atoms with van der Waals surface area (Å²) in [5.74, 6) is 0.554. The van der Waals surface area contributed by atoms with Gasteiger partial charge in [-0.25, -0.2) is 0 Å². The molecule has 7 nitrogen and oxygen atoms in total. The summed E-state index contributed by atoms with van der Waals surface area (Å²) < 4.78 is 14.1. The molecule has 3 heterocycles. The van der Waals surface area contributed by atoms with E-state index in [1.165, 1.54) is 0 Å². The van der Waals surface area contributed by atoms with Crippen LogP contribution in [0, 0.1) is 3.57 Å². The molecule has 0 saturated carbocycles. The third-order valence-electron chi connectivity index (χ3n) is 3.34. The van der Waals surface area contributed by atoms with E-state index in [9.17, 15) is 0 Å². The minimum Gasteiger partial charge on any atom is -0.405 e. The maximum absolute atomic E-state index is 5.84. The highest BCUT2D eigenvalue weighted by Crippen LogP contribution is 2.26. The van der Waals surface area contributed by atoms with E-state index in [0.717, 1.165) is 16.7 Å². The molecule has 0 bridgehead atoms. The highest BCUT2D eigenvalue weighted by molar-refractivity contribution is 14.1. The molecule has 3 rings (SSSR count). The van der Waals surface area contributed by atoms with Gasteiger partial charge in [0.05, 0.1) is 23.0 Å². The molecule has 0 spiro atoms. The second-order valence-corrected chi connectivity index (χ2v) is 6.40. The Hall–Kier alpha value is -1.16. The average molecular weight is 389 g/mol. The summed E-state index contributed by atoms with van der Waals surface area (Å²) in [6, 6.07) is 0.554. The van der Waals surface area contributed by atoms with Crippen LogP contribution in [0.25, 0.3) is 0 Å². The normalized spacial score (nSPS) is 16.6. The molecule has 0 aliphatic carbocycles. The van der Waals surface area contributed by atoms with Crippen molar-refractivity contribution >= 4 is 28.6 Å². The smallest absolute Gasteiger partial charge is 0.318 e. The van der Waals surface area contributed by atoms with Crippen molar-refractivity contribution in [2.24, 2.45) is 0 Å². The van der Waals surface area contributed by atoms with E-state index in [1.54, 1.807) is 0 Å². The lowest BCUT2D eigenvalue weighted by molar-refractivity contribution is 0.120. The van der Waals surface area contributed by atoms with E-state index in [1.807, 2.05) is 35.8 Å². The number of anilines is 1. The number of nitrogens with zero attached hydrogens (tertiary/aromatic N) is 5. The lowest BCUT2D eigenvalue weighted by atomic mass is 10.1. The molecule has 0 radical (unpaired) electrons. The van der Waals surface area contributed by atoms with Crippen LogP contribution in [0.3, 0.4) is 0 Å². The van der Waals surface area contributed by atoms with E-state index >= 15 is 0 Å². The van der Waals surface area contributed by atoms with E-state index in [4.69, 9.17) is 9.15 Å². The number of aromatic nitrogens is 4. The Morgan fingerprint density at radius 3 is 2.65 bits per heavy atom. The van der Waals surface area contributed by atoms with Gasteiger partial charge in [-0.15, -0.1) is 5.10 Å².